The van der Waals surface area contributed by atoms with Crippen LogP contribution in [0.2, 0.25) is 0 Å². The Hall–Kier alpha value is -1.36. The fourth-order valence-electron chi connectivity index (χ4n) is 1.67. The molecule has 0 unspecified atom stereocenters. The maximum absolute atomic E-state index is 14.0. The second-order valence-electron chi connectivity index (χ2n) is 4.02. The lowest BCUT2D eigenvalue weighted by Gasteiger charge is -2.27. The lowest BCUT2D eigenvalue weighted by atomic mass is 9.96. The lowest BCUT2D eigenvalue weighted by Crippen LogP contribution is -2.35. The first kappa shape index (κ1) is 14.1. The van der Waals surface area contributed by atoms with Crippen LogP contribution in [0.15, 0.2) is 59.1 Å². The van der Waals surface area contributed by atoms with Crippen molar-refractivity contribution in [1.29, 1.82) is 0 Å². The molecule has 2 aromatic rings. The minimum absolute atomic E-state index is 0.551. The average Bonchev–Trinajstić information content (AvgIpc) is 2.40. The van der Waals surface area contributed by atoms with E-state index in [0.717, 1.165) is 24.3 Å². The summed E-state index contributed by atoms with van der Waals surface area (Å²) in [7, 11) is 0. The van der Waals surface area contributed by atoms with E-state index in [0.29, 0.717) is 4.47 Å². The van der Waals surface area contributed by atoms with Crippen molar-refractivity contribution in [2.24, 2.45) is 0 Å². The van der Waals surface area contributed by atoms with Gasteiger partial charge in [-0.3, -0.25) is 0 Å². The molecule has 0 N–H and O–H groups in total. The van der Waals surface area contributed by atoms with E-state index in [1.807, 2.05) is 0 Å². The third-order valence-corrected chi connectivity index (χ3v) is 3.27. The van der Waals surface area contributed by atoms with Crippen molar-refractivity contribution in [2.45, 2.75) is 11.8 Å². The number of alkyl halides is 4. The van der Waals surface area contributed by atoms with Gasteiger partial charge < -0.3 is 0 Å². The molecule has 0 aliphatic heterocycles. The summed E-state index contributed by atoms with van der Waals surface area (Å²) in [6, 6.07) is 10.7. The summed E-state index contributed by atoms with van der Waals surface area (Å²) in [6.07, 6.45) is 0. The van der Waals surface area contributed by atoms with Gasteiger partial charge in [0.2, 0.25) is 0 Å². The second-order valence-corrected chi connectivity index (χ2v) is 4.94. The van der Waals surface area contributed by atoms with Crippen LogP contribution in [0.5, 0.6) is 0 Å². The van der Waals surface area contributed by atoms with Gasteiger partial charge >= 0.3 is 11.8 Å². The first-order valence-corrected chi connectivity index (χ1v) is 6.22. The summed E-state index contributed by atoms with van der Waals surface area (Å²) in [5.74, 6) is -8.53. The van der Waals surface area contributed by atoms with Gasteiger partial charge in [-0.2, -0.15) is 17.6 Å². The van der Waals surface area contributed by atoms with E-state index in [4.69, 9.17) is 0 Å². The molecular weight excluding hydrogens is 324 g/mol. The molecule has 0 amide bonds. The highest BCUT2D eigenvalue weighted by Crippen LogP contribution is 2.49. The van der Waals surface area contributed by atoms with Crippen LogP contribution >= 0.6 is 15.9 Å². The minimum atomic E-state index is -4.27. The summed E-state index contributed by atoms with van der Waals surface area (Å²) in [6.45, 7) is 0. The summed E-state index contributed by atoms with van der Waals surface area (Å²) in [4.78, 5) is 0. The Bertz CT molecular complexity index is 549. The van der Waals surface area contributed by atoms with Crippen LogP contribution < -0.4 is 0 Å². The Labute approximate surface area is 116 Å². The summed E-state index contributed by atoms with van der Waals surface area (Å²) in [5.41, 5.74) is -1.42. The Morgan fingerprint density at radius 1 is 0.632 bits per heavy atom. The van der Waals surface area contributed by atoms with Crippen LogP contribution in [0.25, 0.3) is 0 Å². The third-order valence-electron chi connectivity index (χ3n) is 2.74. The first-order chi connectivity index (χ1) is 8.85. The molecule has 5 heteroatoms. The maximum atomic E-state index is 14.0. The van der Waals surface area contributed by atoms with Crippen molar-refractivity contribution >= 4 is 15.9 Å². The fourth-order valence-corrected chi connectivity index (χ4v) is 1.93. The van der Waals surface area contributed by atoms with Crippen molar-refractivity contribution in [3.63, 3.8) is 0 Å². The molecule has 0 nitrogen and oxygen atoms in total. The highest BCUT2D eigenvalue weighted by molar-refractivity contribution is 9.10. The SMILES string of the molecule is FC(F)(c1ccccc1)C(F)(F)c1ccc(Br)cc1. The minimum Gasteiger partial charge on any atom is -0.194 e. The Balaban J connectivity index is 2.46. The van der Waals surface area contributed by atoms with E-state index in [9.17, 15) is 17.6 Å². The molecule has 0 saturated heterocycles. The molecule has 100 valence electrons. The molecule has 0 fully saturated rings. The topological polar surface area (TPSA) is 0 Å². The Kier molecular flexibility index (Phi) is 3.67. The number of hydrogen-bond acceptors (Lipinski definition) is 0. The second kappa shape index (κ2) is 4.96. The molecule has 0 atom stereocenters. The van der Waals surface area contributed by atoms with Crippen molar-refractivity contribution in [3.8, 4) is 0 Å². The molecule has 0 spiro atoms. The zero-order valence-corrected chi connectivity index (χ0v) is 11.2. The van der Waals surface area contributed by atoms with Crippen molar-refractivity contribution < 1.29 is 17.6 Å². The number of halogens is 5. The van der Waals surface area contributed by atoms with Crippen LogP contribution in [-0.2, 0) is 11.8 Å². The Morgan fingerprint density at radius 2 is 1.05 bits per heavy atom. The van der Waals surface area contributed by atoms with E-state index in [2.05, 4.69) is 15.9 Å². The Morgan fingerprint density at radius 3 is 1.53 bits per heavy atom. The van der Waals surface area contributed by atoms with Crippen LogP contribution in [0, 0.1) is 0 Å². The van der Waals surface area contributed by atoms with E-state index in [-0.39, 0.29) is 0 Å². The van der Waals surface area contributed by atoms with Crippen molar-refractivity contribution in [1.82, 2.24) is 0 Å². The molecule has 0 aliphatic carbocycles. The molecule has 2 rings (SSSR count). The van der Waals surface area contributed by atoms with Gasteiger partial charge in [-0.25, -0.2) is 0 Å². The normalized spacial score (nSPS) is 12.5. The van der Waals surface area contributed by atoms with E-state index < -0.39 is 23.0 Å². The van der Waals surface area contributed by atoms with Gasteiger partial charge in [-0.15, -0.1) is 0 Å². The largest absolute Gasteiger partial charge is 0.339 e. The van der Waals surface area contributed by atoms with E-state index in [1.165, 1.54) is 30.3 Å². The quantitative estimate of drug-likeness (QED) is 0.666. The molecule has 0 saturated carbocycles. The van der Waals surface area contributed by atoms with Crippen molar-refractivity contribution in [3.05, 3.63) is 70.2 Å². The molecule has 0 aromatic heterocycles. The number of hydrogen-bond donors (Lipinski definition) is 0. The monoisotopic (exact) mass is 332 g/mol. The van der Waals surface area contributed by atoms with Gasteiger partial charge in [0, 0.05) is 15.6 Å². The first-order valence-electron chi connectivity index (χ1n) is 5.43. The molecule has 19 heavy (non-hydrogen) atoms. The number of benzene rings is 2. The average molecular weight is 333 g/mol. The summed E-state index contributed by atoms with van der Waals surface area (Å²) < 4.78 is 56.4. The standard InChI is InChI=1S/C14H9BrF4/c15-12-8-6-11(7-9-12)14(18,19)13(16,17)10-4-2-1-3-5-10/h1-9H. The molecule has 0 aliphatic rings. The highest BCUT2D eigenvalue weighted by atomic mass is 79.9. The zero-order chi connectivity index (χ0) is 14.1. The molecule has 0 heterocycles. The van der Waals surface area contributed by atoms with Crippen LogP contribution in [0.4, 0.5) is 17.6 Å². The summed E-state index contributed by atoms with van der Waals surface area (Å²) >= 11 is 3.08. The zero-order valence-electron chi connectivity index (χ0n) is 9.59. The lowest BCUT2D eigenvalue weighted by molar-refractivity contribution is -0.223. The van der Waals surface area contributed by atoms with Gasteiger partial charge in [0.1, 0.15) is 0 Å². The van der Waals surface area contributed by atoms with Gasteiger partial charge in [0.15, 0.2) is 0 Å². The summed E-state index contributed by atoms with van der Waals surface area (Å²) in [5, 5.41) is 0. The number of rotatable bonds is 3. The van der Waals surface area contributed by atoms with Crippen molar-refractivity contribution in [2.75, 3.05) is 0 Å². The van der Waals surface area contributed by atoms with E-state index in [1.54, 1.807) is 0 Å². The van der Waals surface area contributed by atoms with Gasteiger partial charge in [0.25, 0.3) is 0 Å². The predicted octanol–water partition coefficient (Wildman–Crippen LogP) is 5.33. The van der Waals surface area contributed by atoms with E-state index >= 15 is 0 Å². The van der Waals surface area contributed by atoms with Gasteiger partial charge in [-0.1, -0.05) is 58.4 Å². The van der Waals surface area contributed by atoms with Gasteiger partial charge in [-0.05, 0) is 12.1 Å². The van der Waals surface area contributed by atoms with Crippen LogP contribution in [0.3, 0.4) is 0 Å². The van der Waals surface area contributed by atoms with Crippen LogP contribution in [0.1, 0.15) is 11.1 Å². The fraction of sp³-hybridized carbons (Fsp3) is 0.143. The molecular formula is C14H9BrF4. The van der Waals surface area contributed by atoms with Gasteiger partial charge in [0.05, 0.1) is 0 Å². The molecule has 0 radical (unpaired) electrons. The predicted molar refractivity (Wildman–Crippen MR) is 68.4 cm³/mol. The molecule has 0 bridgehead atoms. The smallest absolute Gasteiger partial charge is 0.194 e. The van der Waals surface area contributed by atoms with Crippen LogP contribution in [-0.4, -0.2) is 0 Å². The third kappa shape index (κ3) is 2.52. The maximum Gasteiger partial charge on any atom is 0.339 e. The highest BCUT2D eigenvalue weighted by Gasteiger charge is 2.58. The molecule has 2 aromatic carbocycles.